The number of benzene rings is 2. The Bertz CT molecular complexity index is 1450. The maximum Gasteiger partial charge on any atom is 0.276 e. The summed E-state index contributed by atoms with van der Waals surface area (Å²) in [4.78, 5) is 43.7. The van der Waals surface area contributed by atoms with E-state index in [1.807, 2.05) is 30.3 Å². The summed E-state index contributed by atoms with van der Waals surface area (Å²) in [6.45, 7) is 0.506. The van der Waals surface area contributed by atoms with E-state index in [4.69, 9.17) is 4.74 Å². The Morgan fingerprint density at radius 3 is 2.51 bits per heavy atom. The van der Waals surface area contributed by atoms with Gasteiger partial charge in [-0.2, -0.15) is 0 Å². The van der Waals surface area contributed by atoms with Crippen LogP contribution in [0.25, 0.3) is 11.0 Å². The number of carbonyl (C=O) groups is 2. The number of amides is 2. The first kappa shape index (κ1) is 21.8. The molecule has 0 bridgehead atoms. The lowest BCUT2D eigenvalue weighted by molar-refractivity contribution is 0.101. The first-order valence-electron chi connectivity index (χ1n) is 10.9. The molecule has 35 heavy (non-hydrogen) atoms. The molecule has 174 valence electrons. The highest BCUT2D eigenvalue weighted by atomic mass is 16.5. The van der Waals surface area contributed by atoms with Crippen LogP contribution in [0.4, 0.5) is 11.9 Å². The van der Waals surface area contributed by atoms with Gasteiger partial charge in [-0.15, -0.1) is 0 Å². The number of ether oxygens (including phenoxy) is 1. The van der Waals surface area contributed by atoms with Crippen LogP contribution in [0.15, 0.2) is 79.3 Å². The third-order valence-corrected chi connectivity index (χ3v) is 5.19. The van der Waals surface area contributed by atoms with E-state index < -0.39 is 5.91 Å². The first-order valence-corrected chi connectivity index (χ1v) is 10.9. The second-order valence-corrected chi connectivity index (χ2v) is 7.60. The van der Waals surface area contributed by atoms with Crippen LogP contribution in [0.5, 0.6) is 5.75 Å². The Morgan fingerprint density at radius 1 is 0.886 bits per heavy atom. The molecule has 2 amide bonds. The molecule has 0 saturated carbocycles. The zero-order chi connectivity index (χ0) is 24.0. The number of anilines is 2. The van der Waals surface area contributed by atoms with Crippen molar-refractivity contribution in [2.24, 2.45) is 0 Å². The number of aromatic amines is 2. The van der Waals surface area contributed by atoms with E-state index in [9.17, 15) is 9.59 Å². The van der Waals surface area contributed by atoms with E-state index in [-0.39, 0.29) is 17.5 Å². The van der Waals surface area contributed by atoms with Gasteiger partial charge in [-0.1, -0.05) is 36.4 Å². The lowest BCUT2D eigenvalue weighted by atomic mass is 10.2. The quantitative estimate of drug-likeness (QED) is 0.274. The topological polar surface area (TPSA) is 138 Å². The van der Waals surface area contributed by atoms with Gasteiger partial charge >= 0.3 is 0 Å². The number of pyridine rings is 1. The molecule has 10 heteroatoms. The summed E-state index contributed by atoms with van der Waals surface area (Å²) in [7, 11) is 0. The number of imidazole rings is 2. The number of hydrogen-bond acceptors (Lipinski definition) is 6. The Kier molecular flexibility index (Phi) is 6.16. The van der Waals surface area contributed by atoms with E-state index in [0.29, 0.717) is 34.9 Å². The van der Waals surface area contributed by atoms with Crippen LogP contribution in [0.1, 0.15) is 26.4 Å². The van der Waals surface area contributed by atoms with E-state index in [2.05, 4.69) is 35.6 Å². The lowest BCUT2D eigenvalue weighted by Gasteiger charge is -2.07. The minimum atomic E-state index is -0.443. The predicted molar refractivity (Wildman–Crippen MR) is 130 cm³/mol. The number of aromatic nitrogens is 5. The summed E-state index contributed by atoms with van der Waals surface area (Å²) in [5.74, 6) is 0.289. The fourth-order valence-electron chi connectivity index (χ4n) is 3.49. The highest BCUT2D eigenvalue weighted by Crippen LogP contribution is 2.20. The molecule has 3 heterocycles. The zero-order valence-corrected chi connectivity index (χ0v) is 18.5. The summed E-state index contributed by atoms with van der Waals surface area (Å²) < 4.78 is 5.72. The summed E-state index contributed by atoms with van der Waals surface area (Å²) in [5, 5.41) is 5.35. The normalized spacial score (nSPS) is 10.7. The molecule has 0 aliphatic carbocycles. The third kappa shape index (κ3) is 5.17. The SMILES string of the molecule is O=C(Nc1nc2c(C(=O)Nc3ncc[nH]3)cccc2[nH]1)c1ccc(OCCc2ccccc2)cn1. The largest absolute Gasteiger partial charge is 0.492 e. The molecule has 4 N–H and O–H groups in total. The summed E-state index contributed by atoms with van der Waals surface area (Å²) in [6.07, 6.45) is 5.43. The van der Waals surface area contributed by atoms with Crippen LogP contribution in [-0.2, 0) is 6.42 Å². The molecular formula is C25H21N7O3. The van der Waals surface area contributed by atoms with Crippen molar-refractivity contribution < 1.29 is 14.3 Å². The van der Waals surface area contributed by atoms with E-state index in [1.165, 1.54) is 18.0 Å². The second kappa shape index (κ2) is 9.87. The molecule has 5 aromatic rings. The molecule has 0 aliphatic heterocycles. The zero-order valence-electron chi connectivity index (χ0n) is 18.5. The molecule has 0 radical (unpaired) electrons. The summed E-state index contributed by atoms with van der Waals surface area (Å²) in [5.41, 5.74) is 2.75. The Morgan fingerprint density at radius 2 is 1.74 bits per heavy atom. The fraction of sp³-hybridized carbons (Fsp3) is 0.0800. The maximum atomic E-state index is 12.7. The highest BCUT2D eigenvalue weighted by molar-refractivity contribution is 6.11. The van der Waals surface area contributed by atoms with Crippen molar-refractivity contribution >= 4 is 34.7 Å². The van der Waals surface area contributed by atoms with Crippen molar-refractivity contribution in [3.8, 4) is 5.75 Å². The average Bonchev–Trinajstić information content (AvgIpc) is 3.54. The van der Waals surface area contributed by atoms with Crippen molar-refractivity contribution in [2.45, 2.75) is 6.42 Å². The van der Waals surface area contributed by atoms with Crippen molar-refractivity contribution in [2.75, 3.05) is 17.2 Å². The molecule has 5 rings (SSSR count). The van der Waals surface area contributed by atoms with Crippen LogP contribution in [0, 0.1) is 0 Å². The molecule has 0 unspecified atom stereocenters. The number of carbonyl (C=O) groups excluding carboxylic acids is 2. The molecule has 0 spiro atoms. The minimum absolute atomic E-state index is 0.202. The van der Waals surface area contributed by atoms with Gasteiger partial charge in [0, 0.05) is 18.8 Å². The van der Waals surface area contributed by atoms with Crippen molar-refractivity contribution in [3.63, 3.8) is 0 Å². The van der Waals surface area contributed by atoms with Gasteiger partial charge in [0.2, 0.25) is 11.9 Å². The van der Waals surface area contributed by atoms with Gasteiger partial charge in [-0.25, -0.2) is 15.0 Å². The predicted octanol–water partition coefficient (Wildman–Crippen LogP) is 3.81. The molecule has 10 nitrogen and oxygen atoms in total. The van der Waals surface area contributed by atoms with Crippen LogP contribution < -0.4 is 15.4 Å². The number of fused-ring (bicyclic) bond motifs is 1. The third-order valence-electron chi connectivity index (χ3n) is 5.19. The highest BCUT2D eigenvalue weighted by Gasteiger charge is 2.16. The summed E-state index contributed by atoms with van der Waals surface area (Å²) >= 11 is 0. The number of para-hydroxylation sites is 1. The van der Waals surface area contributed by atoms with Crippen molar-refractivity contribution in [1.82, 2.24) is 24.9 Å². The fourth-order valence-corrected chi connectivity index (χ4v) is 3.49. The summed E-state index contributed by atoms with van der Waals surface area (Å²) in [6, 6.07) is 18.4. The first-order chi connectivity index (χ1) is 17.2. The minimum Gasteiger partial charge on any atom is -0.492 e. The van der Waals surface area contributed by atoms with E-state index in [0.717, 1.165) is 6.42 Å². The van der Waals surface area contributed by atoms with Crippen LogP contribution in [0.3, 0.4) is 0 Å². The van der Waals surface area contributed by atoms with Crippen molar-refractivity contribution in [3.05, 3.63) is 96.1 Å². The van der Waals surface area contributed by atoms with Crippen LogP contribution in [0.2, 0.25) is 0 Å². The monoisotopic (exact) mass is 467 g/mol. The molecule has 3 aromatic heterocycles. The Hall–Kier alpha value is -4.99. The lowest BCUT2D eigenvalue weighted by Crippen LogP contribution is -2.15. The number of nitrogens with one attached hydrogen (secondary N) is 4. The van der Waals surface area contributed by atoms with Gasteiger partial charge in [0.25, 0.3) is 11.8 Å². The molecule has 2 aromatic carbocycles. The molecule has 0 fully saturated rings. The number of H-pyrrole nitrogens is 2. The maximum absolute atomic E-state index is 12.7. The molecule has 0 saturated heterocycles. The smallest absolute Gasteiger partial charge is 0.276 e. The van der Waals surface area contributed by atoms with Gasteiger partial charge in [-0.05, 0) is 29.8 Å². The molecule has 0 atom stereocenters. The second-order valence-electron chi connectivity index (χ2n) is 7.60. The standard InChI is InChI=1S/C25H21N7O3/c33-22(31-24-26-12-13-27-24)18-7-4-8-19-21(18)30-25(29-19)32-23(34)20-10-9-17(15-28-20)35-14-11-16-5-2-1-3-6-16/h1-10,12-13,15H,11,14H2,(H2,26,27,31,33)(H2,29,30,32,34). The number of nitrogens with zero attached hydrogens (tertiary/aromatic N) is 3. The van der Waals surface area contributed by atoms with Gasteiger partial charge in [0.15, 0.2) is 0 Å². The Labute approximate surface area is 199 Å². The van der Waals surface area contributed by atoms with Crippen LogP contribution in [-0.4, -0.2) is 43.3 Å². The van der Waals surface area contributed by atoms with E-state index >= 15 is 0 Å². The van der Waals surface area contributed by atoms with E-state index in [1.54, 1.807) is 36.5 Å². The molecular weight excluding hydrogens is 446 g/mol. The number of rotatable bonds is 8. The number of hydrogen-bond donors (Lipinski definition) is 4. The van der Waals surface area contributed by atoms with Gasteiger partial charge in [0.05, 0.1) is 23.9 Å². The van der Waals surface area contributed by atoms with Gasteiger partial charge in [0.1, 0.15) is 17.0 Å². The van der Waals surface area contributed by atoms with Crippen LogP contribution >= 0.6 is 0 Å². The van der Waals surface area contributed by atoms with Gasteiger partial charge < -0.3 is 14.7 Å². The molecule has 0 aliphatic rings. The van der Waals surface area contributed by atoms with Gasteiger partial charge in [-0.3, -0.25) is 20.2 Å². The Balaban J connectivity index is 1.22. The average molecular weight is 467 g/mol. The van der Waals surface area contributed by atoms with Crippen molar-refractivity contribution in [1.29, 1.82) is 0 Å².